The van der Waals surface area contributed by atoms with Crippen molar-refractivity contribution in [1.29, 1.82) is 5.26 Å². The molecule has 3 heterocycles. The molecule has 1 aromatic heterocycles. The van der Waals surface area contributed by atoms with Gasteiger partial charge in [0.2, 0.25) is 0 Å². The van der Waals surface area contributed by atoms with Crippen LogP contribution in [0.3, 0.4) is 0 Å². The summed E-state index contributed by atoms with van der Waals surface area (Å²) in [6.45, 7) is 2.90. The second kappa shape index (κ2) is 8.86. The van der Waals surface area contributed by atoms with Crippen LogP contribution in [0.1, 0.15) is 45.7 Å². The summed E-state index contributed by atoms with van der Waals surface area (Å²) in [6, 6.07) is 21.9. The molecule has 1 amide bonds. The SMILES string of the molecule is Cc1noc(-c2ccc(N3CCC(C4(F)c5ccccc5NC(=O)c5ccccc54)CC3)c(C#N)c2)n1. The second-order valence-corrected chi connectivity index (χ2v) is 9.51. The van der Waals surface area contributed by atoms with Gasteiger partial charge in [-0.2, -0.15) is 10.2 Å². The van der Waals surface area contributed by atoms with Gasteiger partial charge in [-0.25, -0.2) is 4.39 Å². The van der Waals surface area contributed by atoms with Crippen LogP contribution in [0.15, 0.2) is 71.3 Å². The van der Waals surface area contributed by atoms with E-state index in [-0.39, 0.29) is 11.8 Å². The average Bonchev–Trinajstić information content (AvgIpc) is 3.35. The summed E-state index contributed by atoms with van der Waals surface area (Å²) in [5, 5.41) is 16.6. The number of halogens is 1. The predicted octanol–water partition coefficient (Wildman–Crippen LogP) is 5.61. The van der Waals surface area contributed by atoms with E-state index in [1.807, 2.05) is 18.2 Å². The summed E-state index contributed by atoms with van der Waals surface area (Å²) in [5.41, 5.74) is 1.93. The van der Waals surface area contributed by atoms with E-state index in [1.54, 1.807) is 55.5 Å². The number of fused-ring (bicyclic) bond motifs is 2. The lowest BCUT2D eigenvalue weighted by Crippen LogP contribution is -2.42. The van der Waals surface area contributed by atoms with Crippen LogP contribution in [0.2, 0.25) is 0 Å². The number of alkyl halides is 1. The van der Waals surface area contributed by atoms with E-state index >= 15 is 4.39 Å². The Morgan fingerprint density at radius 3 is 2.54 bits per heavy atom. The normalized spacial score (nSPS) is 19.4. The smallest absolute Gasteiger partial charge is 0.257 e. The lowest BCUT2D eigenvalue weighted by molar-refractivity contribution is 0.0983. The highest BCUT2D eigenvalue weighted by Crippen LogP contribution is 2.50. The number of nitrogens with zero attached hydrogens (tertiary/aromatic N) is 4. The maximum atomic E-state index is 17.5. The summed E-state index contributed by atoms with van der Waals surface area (Å²) >= 11 is 0. The fourth-order valence-corrected chi connectivity index (χ4v) is 5.65. The Hall–Kier alpha value is -4.51. The zero-order valence-corrected chi connectivity index (χ0v) is 20.2. The number of nitriles is 1. The molecule has 0 aliphatic carbocycles. The van der Waals surface area contributed by atoms with Crippen LogP contribution < -0.4 is 10.2 Å². The van der Waals surface area contributed by atoms with Crippen molar-refractivity contribution in [2.24, 2.45) is 5.92 Å². The number of carbonyl (C=O) groups excluding carboxylic acids is 1. The number of carbonyl (C=O) groups is 1. The van der Waals surface area contributed by atoms with Gasteiger partial charge in [0.15, 0.2) is 11.5 Å². The fourth-order valence-electron chi connectivity index (χ4n) is 5.65. The number of hydrogen-bond donors (Lipinski definition) is 1. The molecule has 1 unspecified atom stereocenters. The highest BCUT2D eigenvalue weighted by atomic mass is 19.1. The molecule has 2 aliphatic heterocycles. The number of nitrogens with one attached hydrogen (secondary N) is 1. The molecular weight excluding hydrogens is 469 g/mol. The summed E-state index contributed by atoms with van der Waals surface area (Å²) in [7, 11) is 0. The monoisotopic (exact) mass is 493 g/mol. The Morgan fingerprint density at radius 2 is 1.81 bits per heavy atom. The molecule has 6 rings (SSSR count). The highest BCUT2D eigenvalue weighted by Gasteiger charge is 2.48. The van der Waals surface area contributed by atoms with E-state index < -0.39 is 5.67 Å². The van der Waals surface area contributed by atoms with E-state index in [4.69, 9.17) is 4.52 Å². The molecule has 4 aromatic rings. The molecule has 184 valence electrons. The van der Waals surface area contributed by atoms with E-state index in [1.165, 1.54) is 0 Å². The van der Waals surface area contributed by atoms with Gasteiger partial charge < -0.3 is 14.7 Å². The minimum Gasteiger partial charge on any atom is -0.370 e. The predicted molar refractivity (Wildman–Crippen MR) is 137 cm³/mol. The van der Waals surface area contributed by atoms with Crippen molar-refractivity contribution in [3.05, 3.63) is 94.8 Å². The van der Waals surface area contributed by atoms with Crippen molar-refractivity contribution in [2.75, 3.05) is 23.3 Å². The minimum atomic E-state index is -1.82. The first kappa shape index (κ1) is 22.9. The summed E-state index contributed by atoms with van der Waals surface area (Å²) < 4.78 is 22.8. The van der Waals surface area contributed by atoms with Crippen molar-refractivity contribution in [2.45, 2.75) is 25.4 Å². The average molecular weight is 494 g/mol. The molecule has 3 aromatic carbocycles. The van der Waals surface area contributed by atoms with Gasteiger partial charge in [0, 0.05) is 46.9 Å². The van der Waals surface area contributed by atoms with Crippen molar-refractivity contribution in [3.63, 3.8) is 0 Å². The molecule has 0 spiro atoms. The zero-order chi connectivity index (χ0) is 25.6. The molecular formula is C29H24FN5O2. The van der Waals surface area contributed by atoms with Crippen LogP contribution >= 0.6 is 0 Å². The number of hydrogen-bond acceptors (Lipinski definition) is 6. The number of piperidine rings is 1. The topological polar surface area (TPSA) is 95.0 Å². The van der Waals surface area contributed by atoms with E-state index in [9.17, 15) is 10.1 Å². The molecule has 0 radical (unpaired) electrons. The van der Waals surface area contributed by atoms with Crippen molar-refractivity contribution < 1.29 is 13.7 Å². The Bertz CT molecular complexity index is 1550. The van der Waals surface area contributed by atoms with Crippen molar-refractivity contribution in [3.8, 4) is 17.5 Å². The van der Waals surface area contributed by atoms with Gasteiger partial charge in [0.1, 0.15) is 6.07 Å². The minimum absolute atomic E-state index is 0.296. The van der Waals surface area contributed by atoms with E-state index in [0.717, 1.165) is 5.69 Å². The standard InChI is InChI=1S/C29H24FN5O2/c1-18-32-28(37-34-18)19-10-11-26(20(16-19)17-31)35-14-12-21(13-15-35)29(30)23-7-3-2-6-22(23)27(36)33-25-9-5-4-8-24(25)29/h2-11,16,21H,12-15H2,1H3,(H,33,36). The lowest BCUT2D eigenvalue weighted by Gasteiger charge is -2.41. The first-order chi connectivity index (χ1) is 18.0. The van der Waals surface area contributed by atoms with Crippen LogP contribution in [-0.2, 0) is 5.67 Å². The summed E-state index contributed by atoms with van der Waals surface area (Å²) in [6.07, 6.45) is 1.12. The molecule has 0 saturated carbocycles. The van der Waals surface area contributed by atoms with Crippen LogP contribution in [0.4, 0.5) is 15.8 Å². The van der Waals surface area contributed by atoms with Crippen LogP contribution in [0.5, 0.6) is 0 Å². The van der Waals surface area contributed by atoms with Gasteiger partial charge in [-0.3, -0.25) is 4.79 Å². The first-order valence-corrected chi connectivity index (χ1v) is 12.3. The quantitative estimate of drug-likeness (QED) is 0.399. The number of rotatable bonds is 3. The maximum Gasteiger partial charge on any atom is 0.257 e. The Morgan fingerprint density at radius 1 is 1.08 bits per heavy atom. The molecule has 1 saturated heterocycles. The maximum absolute atomic E-state index is 17.5. The molecule has 1 N–H and O–H groups in total. The largest absolute Gasteiger partial charge is 0.370 e. The Labute approximate surface area is 213 Å². The third-order valence-corrected chi connectivity index (χ3v) is 7.42. The molecule has 0 bridgehead atoms. The number of anilines is 2. The summed E-state index contributed by atoms with van der Waals surface area (Å²) in [4.78, 5) is 19.3. The number of amides is 1. The number of para-hydroxylation sites is 1. The van der Waals surface area contributed by atoms with E-state index in [2.05, 4.69) is 26.4 Å². The molecule has 37 heavy (non-hydrogen) atoms. The second-order valence-electron chi connectivity index (χ2n) is 9.51. The van der Waals surface area contributed by atoms with Crippen molar-refractivity contribution in [1.82, 2.24) is 10.1 Å². The molecule has 8 heteroatoms. The van der Waals surface area contributed by atoms with Crippen LogP contribution in [0.25, 0.3) is 11.5 Å². The first-order valence-electron chi connectivity index (χ1n) is 12.3. The van der Waals surface area contributed by atoms with Gasteiger partial charge in [-0.1, -0.05) is 41.6 Å². The molecule has 1 atom stereocenters. The van der Waals surface area contributed by atoms with Crippen LogP contribution in [-0.4, -0.2) is 29.1 Å². The van der Waals surface area contributed by atoms with Crippen molar-refractivity contribution >= 4 is 17.3 Å². The Kier molecular flexibility index (Phi) is 5.49. The number of benzene rings is 3. The van der Waals surface area contributed by atoms with E-state index in [0.29, 0.717) is 71.2 Å². The fraction of sp³-hybridized carbons (Fsp3) is 0.241. The highest BCUT2D eigenvalue weighted by molar-refractivity contribution is 6.07. The summed E-state index contributed by atoms with van der Waals surface area (Å²) in [5.74, 6) is 0.256. The third-order valence-electron chi connectivity index (χ3n) is 7.42. The molecule has 7 nitrogen and oxygen atoms in total. The number of aryl methyl sites for hydroxylation is 1. The third kappa shape index (κ3) is 3.75. The number of aromatic nitrogens is 2. The van der Waals surface area contributed by atoms with Gasteiger partial charge >= 0.3 is 0 Å². The van der Waals surface area contributed by atoms with Gasteiger partial charge in [-0.15, -0.1) is 0 Å². The van der Waals surface area contributed by atoms with Crippen LogP contribution in [0, 0.1) is 24.2 Å². The van der Waals surface area contributed by atoms with Gasteiger partial charge in [0.05, 0.1) is 11.3 Å². The van der Waals surface area contributed by atoms with Gasteiger partial charge in [-0.05, 0) is 50.1 Å². The van der Waals surface area contributed by atoms with Gasteiger partial charge in [0.25, 0.3) is 11.8 Å². The molecule has 1 fully saturated rings. The zero-order valence-electron chi connectivity index (χ0n) is 20.2. The molecule has 2 aliphatic rings. The Balaban J connectivity index is 1.32. The lowest BCUT2D eigenvalue weighted by atomic mass is 9.72.